The molecule has 5 nitrogen and oxygen atoms in total. The summed E-state index contributed by atoms with van der Waals surface area (Å²) in [5, 5.41) is 12.2. The fraction of sp³-hybridized carbons (Fsp3) is 0.200. The van der Waals surface area contributed by atoms with Gasteiger partial charge in [0.25, 0.3) is 5.91 Å². The van der Waals surface area contributed by atoms with Gasteiger partial charge in [0.1, 0.15) is 0 Å². The quantitative estimate of drug-likeness (QED) is 0.563. The molecule has 5 heteroatoms. The van der Waals surface area contributed by atoms with Crippen LogP contribution in [-0.4, -0.2) is 17.6 Å². The van der Waals surface area contributed by atoms with E-state index in [1.165, 1.54) is 0 Å². The molecule has 25 heavy (non-hydrogen) atoms. The molecule has 0 aliphatic heterocycles. The second-order valence-electron chi connectivity index (χ2n) is 5.01. The summed E-state index contributed by atoms with van der Waals surface area (Å²) in [6, 6.07) is 1.04. The Morgan fingerprint density at radius 3 is 2.88 bits per heavy atom. The lowest BCUT2D eigenvalue weighted by atomic mass is 10.1. The van der Waals surface area contributed by atoms with Crippen LogP contribution in [0.1, 0.15) is 30.3 Å². The van der Waals surface area contributed by atoms with Crippen LogP contribution in [0.2, 0.25) is 0 Å². The number of terminal acetylenes is 1. The summed E-state index contributed by atoms with van der Waals surface area (Å²) in [4.78, 5) is 23.3. The number of carbonyl (C=O) groups is 1. The lowest BCUT2D eigenvalue weighted by Gasteiger charge is -2.06. The van der Waals surface area contributed by atoms with Crippen LogP contribution in [0.25, 0.3) is 0 Å². The first-order valence-corrected chi connectivity index (χ1v) is 7.69. The summed E-state index contributed by atoms with van der Waals surface area (Å²) in [6.07, 6.45) is 16.8. The Morgan fingerprint density at radius 1 is 1.48 bits per heavy atom. The molecular formula is C20H21NO4. The van der Waals surface area contributed by atoms with Crippen molar-refractivity contribution in [2.75, 3.05) is 6.54 Å². The van der Waals surface area contributed by atoms with Crippen LogP contribution >= 0.6 is 0 Å². The number of nitrogens with one attached hydrogen (secondary N) is 1. The van der Waals surface area contributed by atoms with Gasteiger partial charge in [0.05, 0.1) is 6.26 Å². The highest BCUT2D eigenvalue weighted by atomic mass is 16.4. The second kappa shape index (κ2) is 10.5. The maximum absolute atomic E-state index is 12.0. The highest BCUT2D eigenvalue weighted by molar-refractivity contribution is 5.93. The van der Waals surface area contributed by atoms with Crippen molar-refractivity contribution in [3.05, 3.63) is 76.4 Å². The van der Waals surface area contributed by atoms with Crippen molar-refractivity contribution in [1.29, 1.82) is 0 Å². The van der Waals surface area contributed by atoms with Gasteiger partial charge in [-0.3, -0.25) is 9.59 Å². The number of aromatic hydroxyl groups is 1. The van der Waals surface area contributed by atoms with E-state index in [0.29, 0.717) is 12.8 Å². The van der Waals surface area contributed by atoms with Crippen molar-refractivity contribution in [3.63, 3.8) is 0 Å². The number of allylic oxidation sites excluding steroid dienone is 5. The minimum absolute atomic E-state index is 0.224. The zero-order chi connectivity index (χ0) is 18.7. The van der Waals surface area contributed by atoms with Gasteiger partial charge in [-0.25, -0.2) is 0 Å². The summed E-state index contributed by atoms with van der Waals surface area (Å²) in [6.45, 7) is 5.80. The van der Waals surface area contributed by atoms with Gasteiger partial charge in [-0.1, -0.05) is 37.0 Å². The Bertz CT molecular complexity index is 804. The van der Waals surface area contributed by atoms with Crippen LogP contribution < -0.4 is 10.7 Å². The van der Waals surface area contributed by atoms with Crippen LogP contribution in [0, 0.1) is 12.3 Å². The first-order chi connectivity index (χ1) is 12.0. The zero-order valence-electron chi connectivity index (χ0n) is 14.1. The number of hydrogen-bond donors (Lipinski definition) is 2. The van der Waals surface area contributed by atoms with Crippen molar-refractivity contribution in [1.82, 2.24) is 5.32 Å². The smallest absolute Gasteiger partial charge is 0.291 e. The second-order valence-corrected chi connectivity index (χ2v) is 5.01. The van der Waals surface area contributed by atoms with E-state index >= 15 is 0 Å². The first kappa shape index (κ1) is 19.8. The van der Waals surface area contributed by atoms with Gasteiger partial charge >= 0.3 is 0 Å². The predicted molar refractivity (Wildman–Crippen MR) is 98.2 cm³/mol. The van der Waals surface area contributed by atoms with E-state index in [-0.39, 0.29) is 6.54 Å². The number of amides is 1. The van der Waals surface area contributed by atoms with Crippen LogP contribution in [0.4, 0.5) is 0 Å². The zero-order valence-corrected chi connectivity index (χ0v) is 14.1. The van der Waals surface area contributed by atoms with E-state index < -0.39 is 22.8 Å². The van der Waals surface area contributed by atoms with E-state index in [9.17, 15) is 14.7 Å². The predicted octanol–water partition coefficient (Wildman–Crippen LogP) is 3.10. The molecule has 0 saturated heterocycles. The summed E-state index contributed by atoms with van der Waals surface area (Å²) in [7, 11) is 0. The molecule has 0 aromatic carbocycles. The molecule has 1 aromatic rings. The molecule has 0 aliphatic carbocycles. The third-order valence-electron chi connectivity index (χ3n) is 3.31. The molecule has 0 aliphatic rings. The average Bonchev–Trinajstić information content (AvgIpc) is 2.62. The van der Waals surface area contributed by atoms with Crippen molar-refractivity contribution in [2.24, 2.45) is 0 Å². The Balaban J connectivity index is 2.65. The third-order valence-corrected chi connectivity index (χ3v) is 3.31. The molecule has 2 N–H and O–H groups in total. The summed E-state index contributed by atoms with van der Waals surface area (Å²) >= 11 is 0. The molecule has 0 fully saturated rings. The van der Waals surface area contributed by atoms with E-state index in [0.717, 1.165) is 23.5 Å². The number of carbonyl (C=O) groups excluding carboxylic acids is 1. The van der Waals surface area contributed by atoms with Gasteiger partial charge in [-0.15, -0.1) is 12.3 Å². The van der Waals surface area contributed by atoms with Crippen molar-refractivity contribution in [2.45, 2.75) is 19.8 Å². The average molecular weight is 339 g/mol. The normalized spacial score (nSPS) is 12.0. The Hall–Kier alpha value is -3.26. The standard InChI is InChI=1S/C20H21NO4/c1-4-7-9-15(5-2)10-8-11-16(6-3)14-21-20(24)19-18(23)17(22)12-13-25-19/h1,5-6,8-9,11-13,23H,2,7,10,14H2,3H3,(H,21,24)/b11-8-,15-9+,16-6+. The van der Waals surface area contributed by atoms with Gasteiger partial charge in [0.2, 0.25) is 16.9 Å². The molecule has 1 heterocycles. The SMILES string of the molecule is C#CC/C=C(\C=C)C/C=C\C(=C/C)CNC(=O)c1occc(=O)c1O. The minimum Gasteiger partial charge on any atom is -0.501 e. The molecule has 0 saturated carbocycles. The largest absolute Gasteiger partial charge is 0.501 e. The van der Waals surface area contributed by atoms with E-state index in [1.807, 2.05) is 31.2 Å². The van der Waals surface area contributed by atoms with Gasteiger partial charge in [0.15, 0.2) is 0 Å². The van der Waals surface area contributed by atoms with Gasteiger partial charge in [-0.05, 0) is 24.5 Å². The number of hydrogen-bond acceptors (Lipinski definition) is 4. The maximum Gasteiger partial charge on any atom is 0.291 e. The van der Waals surface area contributed by atoms with Crippen LogP contribution in [0.3, 0.4) is 0 Å². The highest BCUT2D eigenvalue weighted by Crippen LogP contribution is 2.10. The Labute approximate surface area is 147 Å². The van der Waals surface area contributed by atoms with Gasteiger partial charge in [0, 0.05) is 19.0 Å². The summed E-state index contributed by atoms with van der Waals surface area (Å²) in [5.41, 5.74) is 1.20. The summed E-state index contributed by atoms with van der Waals surface area (Å²) < 4.78 is 4.90. The molecule has 130 valence electrons. The lowest BCUT2D eigenvalue weighted by molar-refractivity contribution is 0.0922. The molecule has 0 bridgehead atoms. The lowest BCUT2D eigenvalue weighted by Crippen LogP contribution is -2.26. The molecule has 1 amide bonds. The van der Waals surface area contributed by atoms with Gasteiger partial charge < -0.3 is 14.8 Å². The first-order valence-electron chi connectivity index (χ1n) is 7.69. The molecule has 0 unspecified atom stereocenters. The topological polar surface area (TPSA) is 79.5 Å². The van der Waals surface area contributed by atoms with Crippen molar-refractivity contribution in [3.8, 4) is 18.1 Å². The molecule has 0 atom stereocenters. The molecular weight excluding hydrogens is 318 g/mol. The minimum atomic E-state index is -0.702. The maximum atomic E-state index is 12.0. The van der Waals surface area contributed by atoms with Crippen molar-refractivity contribution < 1.29 is 14.3 Å². The van der Waals surface area contributed by atoms with Crippen LogP contribution in [0.15, 0.2) is 69.6 Å². The third kappa shape index (κ3) is 6.40. The van der Waals surface area contributed by atoms with Gasteiger partial charge in [-0.2, -0.15) is 0 Å². The summed E-state index contributed by atoms with van der Waals surface area (Å²) in [5.74, 6) is 0.771. The van der Waals surface area contributed by atoms with E-state index in [1.54, 1.807) is 6.08 Å². The van der Waals surface area contributed by atoms with E-state index in [2.05, 4.69) is 17.8 Å². The number of rotatable bonds is 8. The fourth-order valence-electron chi connectivity index (χ4n) is 1.88. The van der Waals surface area contributed by atoms with Crippen LogP contribution in [-0.2, 0) is 0 Å². The molecule has 1 aromatic heterocycles. The highest BCUT2D eigenvalue weighted by Gasteiger charge is 2.16. The van der Waals surface area contributed by atoms with E-state index in [4.69, 9.17) is 10.8 Å². The fourth-order valence-corrected chi connectivity index (χ4v) is 1.88. The Kier molecular flexibility index (Phi) is 8.31. The molecule has 0 radical (unpaired) electrons. The van der Waals surface area contributed by atoms with Crippen LogP contribution in [0.5, 0.6) is 5.75 Å². The monoisotopic (exact) mass is 339 g/mol. The molecule has 1 rings (SSSR count). The Morgan fingerprint density at radius 2 is 2.24 bits per heavy atom. The van der Waals surface area contributed by atoms with Crippen molar-refractivity contribution >= 4 is 5.91 Å². The molecule has 0 spiro atoms.